The van der Waals surface area contributed by atoms with Gasteiger partial charge in [0.05, 0.1) is 5.02 Å². The first kappa shape index (κ1) is 11.0. The van der Waals surface area contributed by atoms with E-state index in [2.05, 4.69) is 6.92 Å². The molecule has 2 aromatic rings. The maximum absolute atomic E-state index is 6.13. The van der Waals surface area contributed by atoms with E-state index in [0.717, 1.165) is 23.5 Å². The Hall–Kier alpha value is -1.47. The molecule has 0 unspecified atom stereocenters. The van der Waals surface area contributed by atoms with Crippen molar-refractivity contribution in [1.82, 2.24) is 0 Å². The third kappa shape index (κ3) is 2.37. The van der Waals surface area contributed by atoms with Crippen molar-refractivity contribution in [3.8, 4) is 11.5 Å². The zero-order valence-corrected chi connectivity index (χ0v) is 9.87. The lowest BCUT2D eigenvalue weighted by atomic mass is 10.1. The van der Waals surface area contributed by atoms with Crippen molar-refractivity contribution in [2.24, 2.45) is 0 Å². The van der Waals surface area contributed by atoms with Crippen molar-refractivity contribution in [1.29, 1.82) is 0 Å². The molecule has 0 radical (unpaired) electrons. The van der Waals surface area contributed by atoms with Gasteiger partial charge in [-0.1, -0.05) is 48.9 Å². The van der Waals surface area contributed by atoms with Crippen molar-refractivity contribution in [2.45, 2.75) is 13.3 Å². The molecule has 0 saturated carbocycles. The molecule has 0 aliphatic heterocycles. The molecule has 0 aromatic heterocycles. The zero-order chi connectivity index (χ0) is 11.4. The van der Waals surface area contributed by atoms with Gasteiger partial charge < -0.3 is 4.74 Å². The summed E-state index contributed by atoms with van der Waals surface area (Å²) in [6.45, 7) is 2.09. The van der Waals surface area contributed by atoms with Gasteiger partial charge in [-0.15, -0.1) is 0 Å². The fraction of sp³-hybridized carbons (Fsp3) is 0.143. The first-order valence-corrected chi connectivity index (χ1v) is 5.69. The second-order valence-corrected chi connectivity index (χ2v) is 3.90. The van der Waals surface area contributed by atoms with Crippen LogP contribution < -0.4 is 4.74 Å². The third-order valence-electron chi connectivity index (χ3n) is 2.39. The predicted molar refractivity (Wildman–Crippen MR) is 67.3 cm³/mol. The lowest BCUT2D eigenvalue weighted by Crippen LogP contribution is -1.91. The van der Waals surface area contributed by atoms with E-state index in [4.69, 9.17) is 16.3 Å². The normalized spacial score (nSPS) is 10.1. The van der Waals surface area contributed by atoms with E-state index < -0.39 is 0 Å². The quantitative estimate of drug-likeness (QED) is 0.746. The molecular formula is C14H13ClO. The summed E-state index contributed by atoms with van der Waals surface area (Å²) in [5.41, 5.74) is 1.12. The van der Waals surface area contributed by atoms with Gasteiger partial charge in [-0.3, -0.25) is 0 Å². The van der Waals surface area contributed by atoms with Crippen LogP contribution in [0.2, 0.25) is 5.02 Å². The fourth-order valence-corrected chi connectivity index (χ4v) is 1.79. The molecule has 0 spiro atoms. The smallest absolute Gasteiger partial charge is 0.149 e. The van der Waals surface area contributed by atoms with Crippen LogP contribution in [0.25, 0.3) is 0 Å². The Balaban J connectivity index is 2.34. The Kier molecular flexibility index (Phi) is 3.47. The number of hydrogen-bond donors (Lipinski definition) is 0. The first-order valence-electron chi connectivity index (χ1n) is 5.31. The zero-order valence-electron chi connectivity index (χ0n) is 9.11. The van der Waals surface area contributed by atoms with Crippen LogP contribution in [0.4, 0.5) is 0 Å². The minimum Gasteiger partial charge on any atom is -0.456 e. The van der Waals surface area contributed by atoms with Gasteiger partial charge in [0.15, 0.2) is 0 Å². The van der Waals surface area contributed by atoms with Gasteiger partial charge in [0.2, 0.25) is 0 Å². The van der Waals surface area contributed by atoms with Crippen molar-refractivity contribution in [2.75, 3.05) is 0 Å². The number of halogens is 1. The summed E-state index contributed by atoms with van der Waals surface area (Å²) in [5.74, 6) is 1.57. The highest BCUT2D eigenvalue weighted by Gasteiger charge is 2.07. The van der Waals surface area contributed by atoms with E-state index in [9.17, 15) is 0 Å². The molecule has 16 heavy (non-hydrogen) atoms. The summed E-state index contributed by atoms with van der Waals surface area (Å²) in [6.07, 6.45) is 0.905. The molecule has 0 N–H and O–H groups in total. The van der Waals surface area contributed by atoms with Gasteiger partial charge in [-0.05, 0) is 30.2 Å². The second-order valence-electron chi connectivity index (χ2n) is 3.50. The number of rotatable bonds is 3. The molecule has 1 nitrogen and oxygen atoms in total. The number of aryl methyl sites for hydroxylation is 1. The minimum absolute atomic E-state index is 0.656. The summed E-state index contributed by atoms with van der Waals surface area (Å²) >= 11 is 6.13. The van der Waals surface area contributed by atoms with Crippen LogP contribution in [-0.4, -0.2) is 0 Å². The van der Waals surface area contributed by atoms with Crippen LogP contribution in [-0.2, 0) is 6.42 Å². The van der Waals surface area contributed by atoms with Gasteiger partial charge >= 0.3 is 0 Å². The first-order chi connectivity index (χ1) is 7.81. The Morgan fingerprint density at radius 3 is 2.44 bits per heavy atom. The van der Waals surface area contributed by atoms with Crippen LogP contribution in [0.5, 0.6) is 11.5 Å². The molecule has 0 bridgehead atoms. The highest BCUT2D eigenvalue weighted by Crippen LogP contribution is 2.32. The molecule has 0 heterocycles. The van der Waals surface area contributed by atoms with Crippen molar-refractivity contribution < 1.29 is 4.74 Å². The Morgan fingerprint density at radius 2 is 1.75 bits per heavy atom. The van der Waals surface area contributed by atoms with E-state index in [1.807, 2.05) is 48.5 Å². The average molecular weight is 233 g/mol. The number of hydrogen-bond acceptors (Lipinski definition) is 1. The Labute approximate surface area is 101 Å². The van der Waals surface area contributed by atoms with E-state index in [1.165, 1.54) is 0 Å². The highest BCUT2D eigenvalue weighted by molar-refractivity contribution is 6.32. The third-order valence-corrected chi connectivity index (χ3v) is 2.69. The van der Waals surface area contributed by atoms with E-state index in [1.54, 1.807) is 0 Å². The standard InChI is InChI=1S/C14H13ClO/c1-2-11-7-6-10-13(15)14(11)16-12-8-4-3-5-9-12/h3-10H,2H2,1H3. The van der Waals surface area contributed by atoms with Gasteiger partial charge in [0, 0.05) is 0 Å². The van der Waals surface area contributed by atoms with E-state index in [-0.39, 0.29) is 0 Å². The summed E-state index contributed by atoms with van der Waals surface area (Å²) < 4.78 is 5.80. The predicted octanol–water partition coefficient (Wildman–Crippen LogP) is 4.69. The molecule has 2 heteroatoms. The molecule has 0 aliphatic rings. The number of ether oxygens (including phenoxy) is 1. The topological polar surface area (TPSA) is 9.23 Å². The van der Waals surface area contributed by atoms with E-state index in [0.29, 0.717) is 5.02 Å². The van der Waals surface area contributed by atoms with Crippen molar-refractivity contribution >= 4 is 11.6 Å². The number of para-hydroxylation sites is 2. The van der Waals surface area contributed by atoms with Gasteiger partial charge in [-0.25, -0.2) is 0 Å². The summed E-state index contributed by atoms with van der Waals surface area (Å²) in [6, 6.07) is 15.5. The molecule has 0 saturated heterocycles. The molecule has 0 fully saturated rings. The molecule has 0 amide bonds. The summed E-state index contributed by atoms with van der Waals surface area (Å²) in [4.78, 5) is 0. The largest absolute Gasteiger partial charge is 0.456 e. The number of benzene rings is 2. The molecule has 82 valence electrons. The molecule has 2 aromatic carbocycles. The maximum atomic E-state index is 6.13. The molecular weight excluding hydrogens is 220 g/mol. The van der Waals surface area contributed by atoms with Crippen LogP contribution in [0.15, 0.2) is 48.5 Å². The summed E-state index contributed by atoms with van der Waals surface area (Å²) in [5, 5.41) is 0.656. The van der Waals surface area contributed by atoms with Crippen LogP contribution in [0.3, 0.4) is 0 Å². The summed E-state index contributed by atoms with van der Waals surface area (Å²) in [7, 11) is 0. The van der Waals surface area contributed by atoms with Crippen molar-refractivity contribution in [3.63, 3.8) is 0 Å². The van der Waals surface area contributed by atoms with Gasteiger partial charge in [0.1, 0.15) is 11.5 Å². The SMILES string of the molecule is CCc1cccc(Cl)c1Oc1ccccc1. The lowest BCUT2D eigenvalue weighted by molar-refractivity contribution is 0.477. The second kappa shape index (κ2) is 5.04. The molecule has 0 atom stereocenters. The monoisotopic (exact) mass is 232 g/mol. The Morgan fingerprint density at radius 1 is 1.00 bits per heavy atom. The van der Waals surface area contributed by atoms with Crippen LogP contribution >= 0.6 is 11.6 Å². The minimum atomic E-state index is 0.656. The van der Waals surface area contributed by atoms with Crippen LogP contribution in [0, 0.1) is 0 Å². The van der Waals surface area contributed by atoms with Gasteiger partial charge in [-0.2, -0.15) is 0 Å². The fourth-order valence-electron chi connectivity index (χ4n) is 1.55. The van der Waals surface area contributed by atoms with Gasteiger partial charge in [0.25, 0.3) is 0 Å². The lowest BCUT2D eigenvalue weighted by Gasteiger charge is -2.11. The maximum Gasteiger partial charge on any atom is 0.149 e. The average Bonchev–Trinajstić information content (AvgIpc) is 2.33. The molecule has 0 aliphatic carbocycles. The van der Waals surface area contributed by atoms with Crippen molar-refractivity contribution in [3.05, 3.63) is 59.1 Å². The van der Waals surface area contributed by atoms with E-state index >= 15 is 0 Å². The van der Waals surface area contributed by atoms with Crippen LogP contribution in [0.1, 0.15) is 12.5 Å². The Bertz CT molecular complexity index is 465. The molecule has 2 rings (SSSR count). The highest BCUT2D eigenvalue weighted by atomic mass is 35.5.